The highest BCUT2D eigenvalue weighted by molar-refractivity contribution is 5.88. The summed E-state index contributed by atoms with van der Waals surface area (Å²) in [7, 11) is 0. The Bertz CT molecular complexity index is 439. The summed E-state index contributed by atoms with van der Waals surface area (Å²) in [6, 6.07) is 0. The van der Waals surface area contributed by atoms with E-state index in [1.54, 1.807) is 0 Å². The first-order chi connectivity index (χ1) is 11.4. The molecule has 0 aromatic rings. The molecule has 0 N–H and O–H groups in total. The average molecular weight is 350 g/mol. The zero-order valence-electron chi connectivity index (χ0n) is 19.4. The van der Waals surface area contributed by atoms with E-state index in [1.807, 2.05) is 0 Å². The van der Waals surface area contributed by atoms with E-state index < -0.39 is 0 Å². The molecule has 0 fully saturated rings. The molecule has 4 atom stereocenters. The average Bonchev–Trinajstić information content (AvgIpc) is 2.53. The van der Waals surface area contributed by atoms with Gasteiger partial charge in [-0.05, 0) is 62.7 Å². The van der Waals surface area contributed by atoms with Crippen LogP contribution in [0, 0.1) is 40.9 Å². The predicted molar refractivity (Wildman–Crippen MR) is 116 cm³/mol. The van der Waals surface area contributed by atoms with Crippen LogP contribution in [0.1, 0.15) is 95.9 Å². The lowest BCUT2D eigenvalue weighted by Crippen LogP contribution is -2.38. The number of nitrogens with zero attached hydrogens (tertiary/aromatic N) is 1. The maximum atomic E-state index is 4.87. The molecule has 25 heavy (non-hydrogen) atoms. The molecular weight excluding hydrogens is 302 g/mol. The minimum absolute atomic E-state index is 0.124. The fourth-order valence-electron chi connectivity index (χ4n) is 4.04. The Kier molecular flexibility index (Phi) is 10.3. The Morgan fingerprint density at radius 2 is 1.48 bits per heavy atom. The van der Waals surface area contributed by atoms with Crippen LogP contribution in [0.4, 0.5) is 0 Å². The molecule has 0 aromatic heterocycles. The summed E-state index contributed by atoms with van der Waals surface area (Å²) in [6.07, 6.45) is 4.73. The maximum absolute atomic E-state index is 4.87. The van der Waals surface area contributed by atoms with Gasteiger partial charge in [0.25, 0.3) is 0 Å². The Hall–Kier alpha value is -0.590. The first-order valence-corrected chi connectivity index (χ1v) is 10.6. The Balaban J connectivity index is 5.54. The van der Waals surface area contributed by atoms with Gasteiger partial charge in [0, 0.05) is 16.8 Å². The molecule has 0 saturated heterocycles. The molecule has 0 radical (unpaired) electrons. The molecule has 148 valence electrons. The number of hydrogen-bond donors (Lipinski definition) is 0. The SMILES string of the molecule is C/C=C(/C)N=C(C)C(C)(C)C(C)C(CC(CC)C(C)C(C)C)C(C)C. The lowest BCUT2D eigenvalue weighted by Gasteiger charge is -2.42. The van der Waals surface area contributed by atoms with Crippen molar-refractivity contribution in [2.75, 3.05) is 0 Å². The van der Waals surface area contributed by atoms with Gasteiger partial charge < -0.3 is 0 Å². The maximum Gasteiger partial charge on any atom is 0.0329 e. The van der Waals surface area contributed by atoms with Gasteiger partial charge in [0.05, 0.1) is 0 Å². The van der Waals surface area contributed by atoms with E-state index in [0.717, 1.165) is 29.4 Å². The lowest BCUT2D eigenvalue weighted by atomic mass is 9.63. The molecule has 0 aliphatic rings. The number of rotatable bonds is 10. The highest BCUT2D eigenvalue weighted by Crippen LogP contribution is 2.42. The summed E-state index contributed by atoms with van der Waals surface area (Å²) in [5.41, 5.74) is 2.52. The summed E-state index contributed by atoms with van der Waals surface area (Å²) in [4.78, 5) is 4.87. The minimum Gasteiger partial charge on any atom is -0.263 e. The second-order valence-corrected chi connectivity index (χ2v) is 9.55. The van der Waals surface area contributed by atoms with Gasteiger partial charge in [-0.15, -0.1) is 0 Å². The zero-order valence-corrected chi connectivity index (χ0v) is 19.4. The van der Waals surface area contributed by atoms with Gasteiger partial charge in [0.15, 0.2) is 0 Å². The van der Waals surface area contributed by atoms with E-state index in [0.29, 0.717) is 11.8 Å². The quantitative estimate of drug-likeness (QED) is 0.354. The minimum atomic E-state index is 0.124. The monoisotopic (exact) mass is 349 g/mol. The van der Waals surface area contributed by atoms with Gasteiger partial charge in [0.1, 0.15) is 0 Å². The Labute approximate surface area is 159 Å². The van der Waals surface area contributed by atoms with E-state index in [1.165, 1.54) is 18.6 Å². The molecule has 0 aliphatic heterocycles. The van der Waals surface area contributed by atoms with Crippen molar-refractivity contribution >= 4 is 5.71 Å². The third-order valence-electron chi connectivity index (χ3n) is 7.23. The largest absolute Gasteiger partial charge is 0.263 e. The molecule has 0 aromatic carbocycles. The first-order valence-electron chi connectivity index (χ1n) is 10.6. The molecule has 0 amide bonds. The molecule has 0 aliphatic carbocycles. The van der Waals surface area contributed by atoms with Gasteiger partial charge >= 0.3 is 0 Å². The Morgan fingerprint density at radius 3 is 1.84 bits per heavy atom. The van der Waals surface area contributed by atoms with Crippen LogP contribution in [0.2, 0.25) is 0 Å². The highest BCUT2D eigenvalue weighted by Gasteiger charge is 2.37. The van der Waals surface area contributed by atoms with Crippen molar-refractivity contribution in [3.8, 4) is 0 Å². The molecule has 0 heterocycles. The van der Waals surface area contributed by atoms with E-state index in [-0.39, 0.29) is 5.41 Å². The third kappa shape index (κ3) is 6.91. The van der Waals surface area contributed by atoms with E-state index >= 15 is 0 Å². The summed E-state index contributed by atoms with van der Waals surface area (Å²) in [5.74, 6) is 4.44. The third-order valence-corrected chi connectivity index (χ3v) is 7.23. The molecule has 1 nitrogen and oxygen atoms in total. The van der Waals surface area contributed by atoms with Crippen LogP contribution in [-0.2, 0) is 0 Å². The van der Waals surface area contributed by atoms with Crippen molar-refractivity contribution in [1.29, 1.82) is 0 Å². The number of aliphatic imine (C=N–C) groups is 1. The summed E-state index contributed by atoms with van der Waals surface area (Å²) >= 11 is 0. The molecular formula is C24H47N. The fraction of sp³-hybridized carbons (Fsp3) is 0.875. The molecule has 0 saturated carbocycles. The van der Waals surface area contributed by atoms with Crippen LogP contribution in [0.3, 0.4) is 0 Å². The Morgan fingerprint density at radius 1 is 0.960 bits per heavy atom. The molecule has 1 heteroatoms. The molecule has 0 bridgehead atoms. The van der Waals surface area contributed by atoms with Gasteiger partial charge in [-0.1, -0.05) is 74.8 Å². The summed E-state index contributed by atoms with van der Waals surface area (Å²) in [5, 5.41) is 0. The van der Waals surface area contributed by atoms with E-state index in [4.69, 9.17) is 4.99 Å². The van der Waals surface area contributed by atoms with Gasteiger partial charge in [-0.2, -0.15) is 0 Å². The number of hydrogen-bond acceptors (Lipinski definition) is 1. The highest BCUT2D eigenvalue weighted by atomic mass is 14.8. The van der Waals surface area contributed by atoms with Crippen molar-refractivity contribution in [2.45, 2.75) is 95.9 Å². The summed E-state index contributed by atoms with van der Waals surface area (Å²) < 4.78 is 0. The lowest BCUT2D eigenvalue weighted by molar-refractivity contribution is 0.117. The van der Waals surface area contributed by atoms with Crippen molar-refractivity contribution in [2.24, 2.45) is 45.9 Å². The van der Waals surface area contributed by atoms with Crippen molar-refractivity contribution < 1.29 is 0 Å². The van der Waals surface area contributed by atoms with Crippen molar-refractivity contribution in [3.63, 3.8) is 0 Å². The second-order valence-electron chi connectivity index (χ2n) is 9.55. The first kappa shape index (κ1) is 24.4. The summed E-state index contributed by atoms with van der Waals surface area (Å²) in [6.45, 7) is 28.0. The van der Waals surface area contributed by atoms with Crippen molar-refractivity contribution in [1.82, 2.24) is 0 Å². The van der Waals surface area contributed by atoms with Gasteiger partial charge in [0.2, 0.25) is 0 Å². The second kappa shape index (κ2) is 10.5. The van der Waals surface area contributed by atoms with Crippen LogP contribution in [0.25, 0.3) is 0 Å². The van der Waals surface area contributed by atoms with Gasteiger partial charge in [-0.3, -0.25) is 4.99 Å². The predicted octanol–water partition coefficient (Wildman–Crippen LogP) is 8.01. The van der Waals surface area contributed by atoms with Crippen LogP contribution in [0.5, 0.6) is 0 Å². The van der Waals surface area contributed by atoms with E-state index in [9.17, 15) is 0 Å². The van der Waals surface area contributed by atoms with Crippen LogP contribution in [-0.4, -0.2) is 5.71 Å². The fourth-order valence-corrected chi connectivity index (χ4v) is 4.04. The molecule has 0 spiro atoms. The normalized spacial score (nSPS) is 19.3. The van der Waals surface area contributed by atoms with Gasteiger partial charge in [-0.25, -0.2) is 0 Å². The van der Waals surface area contributed by atoms with Crippen LogP contribution in [0.15, 0.2) is 16.8 Å². The standard InChI is InChI=1S/C24H47N/c1-13-18(7)25-21(10)24(11,12)20(9)23(17(5)6)15-22(14-2)19(8)16(3)4/h13,16-17,19-20,22-23H,14-15H2,1-12H3/b18-13-,25-21?. The molecule has 0 rings (SSSR count). The van der Waals surface area contributed by atoms with Crippen LogP contribution < -0.4 is 0 Å². The van der Waals surface area contributed by atoms with E-state index in [2.05, 4.69) is 89.2 Å². The molecule has 4 unspecified atom stereocenters. The van der Waals surface area contributed by atoms with Crippen LogP contribution >= 0.6 is 0 Å². The smallest absolute Gasteiger partial charge is 0.0329 e. The zero-order chi connectivity index (χ0) is 19.9. The van der Waals surface area contributed by atoms with Crippen molar-refractivity contribution in [3.05, 3.63) is 11.8 Å². The number of allylic oxidation sites excluding steroid dienone is 2. The topological polar surface area (TPSA) is 12.4 Å².